The van der Waals surface area contributed by atoms with Crippen molar-refractivity contribution in [2.45, 2.75) is 39.0 Å². The fourth-order valence-electron chi connectivity index (χ4n) is 2.61. The van der Waals surface area contributed by atoms with E-state index < -0.39 is 0 Å². The van der Waals surface area contributed by atoms with Crippen LogP contribution in [-0.4, -0.2) is 10.9 Å². The smallest absolute Gasteiger partial charge is 0.163 e. The van der Waals surface area contributed by atoms with Gasteiger partial charge in [-0.05, 0) is 48.4 Å². The highest BCUT2D eigenvalue weighted by molar-refractivity contribution is 8.02. The molecule has 2 rings (SSSR count). The fourth-order valence-corrected chi connectivity index (χ4v) is 3.03. The molecule has 0 aliphatic rings. The monoisotopic (exact) mass is 355 g/mol. The van der Waals surface area contributed by atoms with Gasteiger partial charge in [-0.1, -0.05) is 37.6 Å². The van der Waals surface area contributed by atoms with Crippen molar-refractivity contribution < 1.29 is 14.6 Å². The van der Waals surface area contributed by atoms with Gasteiger partial charge in [0, 0.05) is 11.3 Å². The Hall–Kier alpha value is -2.45. The molecular formula is C20H21NO3S. The average Bonchev–Trinajstić information content (AvgIpc) is 2.60. The molecule has 0 unspecified atom stereocenters. The van der Waals surface area contributed by atoms with Crippen molar-refractivity contribution in [2.24, 2.45) is 0 Å². The van der Waals surface area contributed by atoms with Gasteiger partial charge in [-0.3, -0.25) is 4.79 Å². The molecular weight excluding hydrogens is 334 g/mol. The Labute approximate surface area is 152 Å². The maximum absolute atomic E-state index is 11.6. The number of carbonyl (C=O) groups excluding carboxylic acids is 1. The van der Waals surface area contributed by atoms with E-state index >= 15 is 0 Å². The van der Waals surface area contributed by atoms with E-state index in [4.69, 9.17) is 10.00 Å². The Morgan fingerprint density at radius 1 is 1.28 bits per heavy atom. The molecule has 0 atom stereocenters. The molecule has 0 amide bonds. The van der Waals surface area contributed by atoms with Gasteiger partial charge in [0.2, 0.25) is 0 Å². The van der Waals surface area contributed by atoms with Crippen LogP contribution in [-0.2, 0) is 18.8 Å². The Morgan fingerprint density at radius 3 is 2.72 bits per heavy atom. The molecule has 0 aliphatic carbocycles. The van der Waals surface area contributed by atoms with E-state index in [2.05, 4.69) is 5.40 Å². The number of aromatic hydroxyl groups is 1. The van der Waals surface area contributed by atoms with Crippen molar-refractivity contribution in [1.82, 2.24) is 0 Å². The second-order valence-electron chi connectivity index (χ2n) is 5.73. The van der Waals surface area contributed by atoms with Crippen molar-refractivity contribution in [3.63, 3.8) is 0 Å². The highest BCUT2D eigenvalue weighted by atomic mass is 32.2. The predicted molar refractivity (Wildman–Crippen MR) is 99.8 cm³/mol. The van der Waals surface area contributed by atoms with E-state index in [1.54, 1.807) is 12.1 Å². The third-order valence-electron chi connectivity index (χ3n) is 3.81. The van der Waals surface area contributed by atoms with E-state index in [1.165, 1.54) is 18.7 Å². The summed E-state index contributed by atoms with van der Waals surface area (Å²) in [6.45, 7) is 3.82. The van der Waals surface area contributed by atoms with Gasteiger partial charge < -0.3 is 9.84 Å². The normalized spacial score (nSPS) is 10.3. The first-order chi connectivity index (χ1) is 12.1. The summed E-state index contributed by atoms with van der Waals surface area (Å²) in [6, 6.07) is 11.2. The zero-order chi connectivity index (χ0) is 18.2. The number of hydrogen-bond acceptors (Lipinski definition) is 5. The summed E-state index contributed by atoms with van der Waals surface area (Å²) >= 11 is 1.20. The summed E-state index contributed by atoms with van der Waals surface area (Å²) in [5.74, 6) is 1.09. The maximum atomic E-state index is 11.6. The van der Waals surface area contributed by atoms with Crippen molar-refractivity contribution >= 4 is 17.5 Å². The van der Waals surface area contributed by atoms with Crippen LogP contribution in [0.3, 0.4) is 0 Å². The number of Topliss-reactive ketones (excluding diaryl/α,β-unsaturated/α-hetero) is 1. The van der Waals surface area contributed by atoms with E-state index in [0.717, 1.165) is 17.5 Å². The Bertz CT molecular complexity index is 796. The summed E-state index contributed by atoms with van der Waals surface area (Å²) in [4.78, 5) is 11.6. The van der Waals surface area contributed by atoms with E-state index in [0.29, 0.717) is 35.7 Å². The Balaban J connectivity index is 2.19. The number of ketones is 1. The van der Waals surface area contributed by atoms with Crippen molar-refractivity contribution in [2.75, 3.05) is 0 Å². The van der Waals surface area contributed by atoms with Crippen molar-refractivity contribution in [3.8, 4) is 16.9 Å². The lowest BCUT2D eigenvalue weighted by Crippen LogP contribution is -2.02. The topological polar surface area (TPSA) is 70.3 Å². The van der Waals surface area contributed by atoms with Gasteiger partial charge in [-0.25, -0.2) is 0 Å². The van der Waals surface area contributed by atoms with E-state index in [-0.39, 0.29) is 11.5 Å². The average molecular weight is 355 g/mol. The number of rotatable bonds is 8. The standard InChI is InChI=1S/C20H21NO3S/c1-3-5-18-19(9-8-17(14(2)22)20(18)23)24-11-15-6-4-7-16(10-15)12-25-13-21/h4,6-10,23H,3,5,11-12H2,1-2H3. The molecule has 0 aromatic heterocycles. The quantitative estimate of drug-likeness (QED) is 0.542. The highest BCUT2D eigenvalue weighted by Gasteiger charge is 2.16. The van der Waals surface area contributed by atoms with Gasteiger partial charge in [0.1, 0.15) is 23.5 Å². The molecule has 0 aliphatic heterocycles. The molecule has 0 fully saturated rings. The third-order valence-corrected chi connectivity index (χ3v) is 4.41. The zero-order valence-corrected chi connectivity index (χ0v) is 15.2. The molecule has 130 valence electrons. The minimum Gasteiger partial charge on any atom is -0.507 e. The molecule has 4 nitrogen and oxygen atoms in total. The number of nitrogens with zero attached hydrogens (tertiary/aromatic N) is 1. The predicted octanol–water partition coefficient (Wildman–Crippen LogP) is 4.84. The molecule has 0 spiro atoms. The molecule has 0 saturated carbocycles. The number of thiocyanates is 1. The number of benzene rings is 2. The van der Waals surface area contributed by atoms with Crippen molar-refractivity contribution in [1.29, 1.82) is 5.26 Å². The number of thioether (sulfide) groups is 1. The molecule has 2 aromatic rings. The molecule has 0 bridgehead atoms. The first-order valence-corrected chi connectivity index (χ1v) is 9.12. The van der Waals surface area contributed by atoms with Gasteiger partial charge in [0.05, 0.1) is 5.56 Å². The van der Waals surface area contributed by atoms with E-state index in [9.17, 15) is 9.90 Å². The summed E-state index contributed by atoms with van der Waals surface area (Å²) in [5, 5.41) is 21.1. The SMILES string of the molecule is CCCc1c(OCc2cccc(CSC#N)c2)ccc(C(C)=O)c1O. The highest BCUT2D eigenvalue weighted by Crippen LogP contribution is 2.33. The maximum Gasteiger partial charge on any atom is 0.163 e. The largest absolute Gasteiger partial charge is 0.507 e. The molecule has 0 heterocycles. The number of carbonyl (C=O) groups is 1. The second-order valence-corrected chi connectivity index (χ2v) is 6.49. The lowest BCUT2D eigenvalue weighted by atomic mass is 10.0. The Morgan fingerprint density at radius 2 is 2.04 bits per heavy atom. The lowest BCUT2D eigenvalue weighted by Gasteiger charge is -2.15. The zero-order valence-electron chi connectivity index (χ0n) is 14.4. The van der Waals surface area contributed by atoms with Crippen molar-refractivity contribution in [3.05, 3.63) is 58.7 Å². The van der Waals surface area contributed by atoms with Crippen LogP contribution in [0, 0.1) is 10.7 Å². The van der Waals surface area contributed by atoms with Crippen LogP contribution in [0.1, 0.15) is 47.3 Å². The van der Waals surface area contributed by atoms with Gasteiger partial charge in [0.25, 0.3) is 0 Å². The first-order valence-electron chi connectivity index (χ1n) is 8.14. The minimum atomic E-state index is -0.163. The van der Waals surface area contributed by atoms with E-state index in [1.807, 2.05) is 31.2 Å². The Kier molecular flexibility index (Phi) is 6.91. The van der Waals surface area contributed by atoms with Crippen LogP contribution in [0.5, 0.6) is 11.5 Å². The van der Waals surface area contributed by atoms with Crippen LogP contribution in [0.2, 0.25) is 0 Å². The molecule has 25 heavy (non-hydrogen) atoms. The van der Waals surface area contributed by atoms with Gasteiger partial charge >= 0.3 is 0 Å². The first kappa shape index (κ1) is 18.9. The number of phenolic OH excluding ortho intramolecular Hbond substituents is 1. The summed E-state index contributed by atoms with van der Waals surface area (Å²) in [7, 11) is 0. The van der Waals surface area contributed by atoms with Crippen LogP contribution < -0.4 is 4.74 Å². The third kappa shape index (κ3) is 5.01. The number of hydrogen-bond donors (Lipinski definition) is 1. The van der Waals surface area contributed by atoms with Crippen LogP contribution >= 0.6 is 11.8 Å². The number of phenols is 1. The minimum absolute atomic E-state index is 0.0195. The van der Waals surface area contributed by atoms with Crippen LogP contribution in [0.4, 0.5) is 0 Å². The number of ether oxygens (including phenoxy) is 1. The van der Waals surface area contributed by atoms with Gasteiger partial charge in [0.15, 0.2) is 5.78 Å². The van der Waals surface area contributed by atoms with Gasteiger partial charge in [-0.15, -0.1) is 0 Å². The summed E-state index contributed by atoms with van der Waals surface area (Å²) in [6.07, 6.45) is 1.48. The molecule has 2 aromatic carbocycles. The summed E-state index contributed by atoms with van der Waals surface area (Å²) in [5.41, 5.74) is 3.06. The molecule has 5 heteroatoms. The van der Waals surface area contributed by atoms with Crippen LogP contribution in [0.25, 0.3) is 0 Å². The molecule has 0 radical (unpaired) electrons. The lowest BCUT2D eigenvalue weighted by molar-refractivity contribution is 0.101. The summed E-state index contributed by atoms with van der Waals surface area (Å²) < 4.78 is 5.91. The second kappa shape index (κ2) is 9.14. The molecule has 1 N–H and O–H groups in total. The van der Waals surface area contributed by atoms with Gasteiger partial charge in [-0.2, -0.15) is 5.26 Å². The molecule has 0 saturated heterocycles. The number of nitriles is 1. The fraction of sp³-hybridized carbons (Fsp3) is 0.300. The van der Waals surface area contributed by atoms with Crippen LogP contribution in [0.15, 0.2) is 36.4 Å².